The molecule has 2 aromatic carbocycles. The Hall–Kier alpha value is -3.01. The van der Waals surface area contributed by atoms with Gasteiger partial charge in [0.05, 0.1) is 20.7 Å². The van der Waals surface area contributed by atoms with E-state index in [4.69, 9.17) is 26.5 Å². The molecule has 32 heavy (non-hydrogen) atoms. The van der Waals surface area contributed by atoms with Crippen LogP contribution in [0.5, 0.6) is 5.75 Å². The van der Waals surface area contributed by atoms with E-state index >= 15 is 0 Å². The van der Waals surface area contributed by atoms with Gasteiger partial charge >= 0.3 is 0 Å². The molecule has 7 nitrogen and oxygen atoms in total. The van der Waals surface area contributed by atoms with Crippen LogP contribution in [0.15, 0.2) is 57.2 Å². The third-order valence-corrected chi connectivity index (χ3v) is 7.20. The molecule has 0 radical (unpaired) electrons. The first-order valence-electron chi connectivity index (χ1n) is 9.50. The smallest absolute Gasteiger partial charge is 0.293 e. The number of halogens is 1. The number of ether oxygens (including phenoxy) is 1. The molecule has 0 unspecified atom stereocenters. The van der Waals surface area contributed by atoms with Gasteiger partial charge in [0, 0.05) is 10.9 Å². The van der Waals surface area contributed by atoms with Crippen molar-refractivity contribution in [3.63, 3.8) is 0 Å². The zero-order valence-corrected chi connectivity index (χ0v) is 19.3. The zero-order chi connectivity index (χ0) is 22.7. The third-order valence-electron chi connectivity index (χ3n) is 4.43. The van der Waals surface area contributed by atoms with Gasteiger partial charge in [-0.2, -0.15) is 0 Å². The average molecular weight is 488 g/mol. The molecule has 4 aromatic rings. The summed E-state index contributed by atoms with van der Waals surface area (Å²) in [6.07, 6.45) is 0. The Morgan fingerprint density at radius 1 is 1.22 bits per heavy atom. The second kappa shape index (κ2) is 9.64. The van der Waals surface area contributed by atoms with Gasteiger partial charge in [-0.3, -0.25) is 14.9 Å². The van der Waals surface area contributed by atoms with Crippen LogP contribution in [-0.2, 0) is 11.4 Å². The van der Waals surface area contributed by atoms with E-state index in [9.17, 15) is 9.59 Å². The van der Waals surface area contributed by atoms with Crippen molar-refractivity contribution in [3.05, 3.63) is 70.6 Å². The number of hydrogen-bond donors (Lipinski definition) is 2. The maximum atomic E-state index is 13.1. The lowest BCUT2D eigenvalue weighted by atomic mass is 10.1. The Balaban J connectivity index is 1.59. The van der Waals surface area contributed by atoms with E-state index in [-0.39, 0.29) is 18.1 Å². The van der Waals surface area contributed by atoms with Crippen molar-refractivity contribution in [1.29, 1.82) is 0 Å². The Labute approximate surface area is 196 Å². The molecular weight excluding hydrogens is 470 g/mol. The molecule has 164 valence electrons. The molecule has 0 aliphatic heterocycles. The number of rotatable bonds is 8. The number of furan rings is 1. The molecule has 0 fully saturated rings. The number of anilines is 1. The number of amides is 2. The number of fused-ring (bicyclic) bond motifs is 1. The average Bonchev–Trinajstić information content (AvgIpc) is 3.31. The number of carbonyl (C=O) groups is 2. The van der Waals surface area contributed by atoms with E-state index < -0.39 is 11.8 Å². The second-order valence-electron chi connectivity index (χ2n) is 6.73. The first-order chi connectivity index (χ1) is 15.4. The van der Waals surface area contributed by atoms with Crippen molar-refractivity contribution < 1.29 is 18.7 Å². The lowest BCUT2D eigenvalue weighted by molar-refractivity contribution is -0.115. The number of nitrogens with two attached hydrogens (primary N) is 1. The summed E-state index contributed by atoms with van der Waals surface area (Å²) in [7, 11) is 0. The Bertz CT molecular complexity index is 1300. The van der Waals surface area contributed by atoms with Crippen LogP contribution in [0.2, 0.25) is 5.02 Å². The maximum Gasteiger partial charge on any atom is 0.293 e. The van der Waals surface area contributed by atoms with Crippen molar-refractivity contribution in [3.8, 4) is 5.75 Å². The largest absolute Gasteiger partial charge is 0.487 e. The first kappa shape index (κ1) is 22.2. The molecule has 3 N–H and O–H groups in total. The monoisotopic (exact) mass is 487 g/mol. The summed E-state index contributed by atoms with van der Waals surface area (Å²) in [5, 5.41) is 4.44. The van der Waals surface area contributed by atoms with Crippen LogP contribution in [0, 0.1) is 6.92 Å². The molecule has 2 heterocycles. The summed E-state index contributed by atoms with van der Waals surface area (Å²) in [5.74, 6) is -0.0725. The molecular formula is C22H18ClN3O4S2. The van der Waals surface area contributed by atoms with Crippen LogP contribution in [0.1, 0.15) is 21.8 Å². The summed E-state index contributed by atoms with van der Waals surface area (Å²) in [4.78, 5) is 28.5. The van der Waals surface area contributed by atoms with Gasteiger partial charge in [-0.1, -0.05) is 53.3 Å². The summed E-state index contributed by atoms with van der Waals surface area (Å²) in [6.45, 7) is 1.90. The number of hydrogen-bond acceptors (Lipinski definition) is 7. The van der Waals surface area contributed by atoms with Crippen LogP contribution < -0.4 is 15.8 Å². The van der Waals surface area contributed by atoms with Gasteiger partial charge in [0.1, 0.15) is 17.9 Å². The van der Waals surface area contributed by atoms with Crippen molar-refractivity contribution >= 4 is 62.6 Å². The fraction of sp³-hybridized carbons (Fsp3) is 0.136. The van der Waals surface area contributed by atoms with Gasteiger partial charge in [0.15, 0.2) is 10.9 Å². The Kier molecular flexibility index (Phi) is 6.69. The minimum atomic E-state index is -0.445. The molecule has 4 rings (SSSR count). The van der Waals surface area contributed by atoms with Crippen LogP contribution >= 0.6 is 34.7 Å². The van der Waals surface area contributed by atoms with E-state index in [0.717, 1.165) is 9.60 Å². The maximum absolute atomic E-state index is 13.1. The topological polar surface area (TPSA) is 107 Å². The van der Waals surface area contributed by atoms with Crippen molar-refractivity contribution in [2.24, 2.45) is 5.73 Å². The lowest BCUT2D eigenvalue weighted by Gasteiger charge is -2.08. The van der Waals surface area contributed by atoms with Gasteiger partial charge in [0.2, 0.25) is 5.91 Å². The van der Waals surface area contributed by atoms with Crippen LogP contribution in [0.25, 0.3) is 11.0 Å². The van der Waals surface area contributed by atoms with Crippen molar-refractivity contribution in [1.82, 2.24) is 4.98 Å². The number of primary amides is 1. The van der Waals surface area contributed by atoms with Gasteiger partial charge in [-0.25, -0.2) is 4.98 Å². The predicted octanol–water partition coefficient (Wildman–Crippen LogP) is 5.26. The standard InChI is InChI=1S/C22H18ClN3O4S2/c1-12-21(31-11-18(24)27)32-22(25-12)26-20(28)19-14(13-6-2-4-8-16(13)30-19)10-29-17-9-5-3-7-15(17)23/h2-9H,10-11H2,1H3,(H2,24,27)(H,25,26,28). The summed E-state index contributed by atoms with van der Waals surface area (Å²) >= 11 is 8.75. The predicted molar refractivity (Wildman–Crippen MR) is 127 cm³/mol. The van der Waals surface area contributed by atoms with E-state index in [0.29, 0.717) is 32.7 Å². The lowest BCUT2D eigenvalue weighted by Crippen LogP contribution is -2.13. The van der Waals surface area contributed by atoms with Crippen LogP contribution in [0.3, 0.4) is 0 Å². The van der Waals surface area contributed by atoms with E-state index in [1.165, 1.54) is 23.1 Å². The molecule has 0 saturated heterocycles. The van der Waals surface area contributed by atoms with Crippen molar-refractivity contribution in [2.45, 2.75) is 17.7 Å². The van der Waals surface area contributed by atoms with Crippen molar-refractivity contribution in [2.75, 3.05) is 11.1 Å². The summed E-state index contributed by atoms with van der Waals surface area (Å²) in [6, 6.07) is 14.5. The Morgan fingerprint density at radius 3 is 2.75 bits per heavy atom. The van der Waals surface area contributed by atoms with Gasteiger partial charge in [-0.15, -0.1) is 11.8 Å². The van der Waals surface area contributed by atoms with E-state index in [1.807, 2.05) is 30.3 Å². The van der Waals surface area contributed by atoms with E-state index in [2.05, 4.69) is 10.3 Å². The number of benzene rings is 2. The minimum absolute atomic E-state index is 0.0973. The van der Waals surface area contributed by atoms with Gasteiger partial charge in [0.25, 0.3) is 5.91 Å². The quantitative estimate of drug-likeness (QED) is 0.328. The highest BCUT2D eigenvalue weighted by Crippen LogP contribution is 2.33. The SMILES string of the molecule is Cc1nc(NC(=O)c2oc3ccccc3c2COc2ccccc2Cl)sc1SCC(N)=O. The number of nitrogens with zero attached hydrogens (tertiary/aromatic N) is 1. The number of thioether (sulfide) groups is 1. The fourth-order valence-corrected chi connectivity index (χ4v) is 5.06. The number of nitrogens with one attached hydrogen (secondary N) is 1. The number of thiazole rings is 1. The van der Waals surface area contributed by atoms with Gasteiger partial charge < -0.3 is 14.9 Å². The number of para-hydroxylation sites is 2. The highest BCUT2D eigenvalue weighted by atomic mass is 35.5. The van der Waals surface area contributed by atoms with Crippen LogP contribution in [0.4, 0.5) is 5.13 Å². The molecule has 10 heteroatoms. The highest BCUT2D eigenvalue weighted by Gasteiger charge is 2.23. The molecule has 2 aromatic heterocycles. The fourth-order valence-electron chi connectivity index (χ4n) is 3.00. The van der Waals surface area contributed by atoms with Crippen LogP contribution in [-0.4, -0.2) is 22.6 Å². The number of aromatic nitrogens is 1. The zero-order valence-electron chi connectivity index (χ0n) is 16.9. The molecule has 0 atom stereocenters. The first-order valence-corrected chi connectivity index (χ1v) is 11.7. The molecule has 0 saturated carbocycles. The minimum Gasteiger partial charge on any atom is -0.487 e. The molecule has 0 spiro atoms. The Morgan fingerprint density at radius 2 is 1.97 bits per heavy atom. The molecule has 0 aliphatic rings. The number of carbonyl (C=O) groups excluding carboxylic acids is 2. The second-order valence-corrected chi connectivity index (χ2v) is 9.38. The molecule has 0 aliphatic carbocycles. The normalized spacial score (nSPS) is 10.9. The highest BCUT2D eigenvalue weighted by molar-refractivity contribution is 8.01. The molecule has 2 amide bonds. The van der Waals surface area contributed by atoms with E-state index in [1.54, 1.807) is 25.1 Å². The summed E-state index contributed by atoms with van der Waals surface area (Å²) in [5.41, 5.74) is 7.10. The molecule has 0 bridgehead atoms. The number of aryl methyl sites for hydroxylation is 1. The summed E-state index contributed by atoms with van der Waals surface area (Å²) < 4.78 is 12.5. The van der Waals surface area contributed by atoms with Gasteiger partial charge in [-0.05, 0) is 25.1 Å². The third kappa shape index (κ3) is 4.90.